The Morgan fingerprint density at radius 1 is 1.02 bits per heavy atom. The molecule has 1 aliphatic heterocycles. The molecule has 1 saturated heterocycles. The van der Waals surface area contributed by atoms with Gasteiger partial charge in [0.1, 0.15) is 11.4 Å². The summed E-state index contributed by atoms with van der Waals surface area (Å²) in [7, 11) is 3.29. The zero-order valence-electron chi connectivity index (χ0n) is 28.1. The maximum absolute atomic E-state index is 12.6. The second-order valence-electron chi connectivity index (χ2n) is 12.5. The summed E-state index contributed by atoms with van der Waals surface area (Å²) in [6.45, 7) is 8.64. The molecule has 4 atom stereocenters. The molecule has 5 N–H and O–H groups in total. The zero-order chi connectivity index (χ0) is 33.8. The third kappa shape index (κ3) is 9.97. The lowest BCUT2D eigenvalue weighted by Gasteiger charge is -2.35. The largest absolute Gasteiger partial charge is 0.493 e. The predicted octanol–water partition coefficient (Wildman–Crippen LogP) is 2.59. The number of nitrogens with zero attached hydrogens (tertiary/aromatic N) is 2. The first-order valence-electron chi connectivity index (χ1n) is 16.5. The van der Waals surface area contributed by atoms with E-state index >= 15 is 0 Å². The Balaban J connectivity index is 1.34. The zero-order valence-corrected chi connectivity index (χ0v) is 28.1. The van der Waals surface area contributed by atoms with Crippen LogP contribution >= 0.6 is 0 Å². The van der Waals surface area contributed by atoms with Crippen LogP contribution in [0.5, 0.6) is 11.5 Å². The number of methoxy groups -OCH3 is 2. The number of ether oxygens (including phenoxy) is 4. The number of pyridine rings is 1. The third-order valence-electron chi connectivity index (χ3n) is 8.91. The Morgan fingerprint density at radius 2 is 1.74 bits per heavy atom. The molecule has 47 heavy (non-hydrogen) atoms. The topological polar surface area (TPSA) is 158 Å². The Kier molecular flexibility index (Phi) is 14.0. The van der Waals surface area contributed by atoms with Gasteiger partial charge in [0.05, 0.1) is 39.1 Å². The van der Waals surface area contributed by atoms with Crippen molar-refractivity contribution < 1.29 is 24.1 Å². The second-order valence-corrected chi connectivity index (χ2v) is 12.5. The van der Waals surface area contributed by atoms with Gasteiger partial charge in [0.2, 0.25) is 0 Å². The van der Waals surface area contributed by atoms with Crippen LogP contribution in [0, 0.1) is 11.8 Å². The van der Waals surface area contributed by atoms with Gasteiger partial charge in [-0.3, -0.25) is 19.5 Å². The molecule has 12 heteroatoms. The van der Waals surface area contributed by atoms with Crippen LogP contribution in [0.2, 0.25) is 0 Å². The van der Waals surface area contributed by atoms with Crippen LogP contribution in [0.1, 0.15) is 43.9 Å². The monoisotopic (exact) mass is 653 g/mol. The first-order valence-corrected chi connectivity index (χ1v) is 16.5. The number of rotatable bonds is 20. The van der Waals surface area contributed by atoms with E-state index < -0.39 is 23.0 Å². The van der Waals surface area contributed by atoms with Gasteiger partial charge >= 0.3 is 0 Å². The lowest BCUT2D eigenvalue weighted by atomic mass is 9.83. The molecule has 2 heterocycles. The number of aliphatic hydroxyl groups excluding tert-OH is 1. The van der Waals surface area contributed by atoms with E-state index in [0.29, 0.717) is 56.8 Å². The maximum atomic E-state index is 12.6. The Morgan fingerprint density at radius 3 is 2.38 bits per heavy atom. The van der Waals surface area contributed by atoms with Crippen molar-refractivity contribution in [1.29, 1.82) is 0 Å². The smallest absolute Gasteiger partial charge is 0.253 e. The summed E-state index contributed by atoms with van der Waals surface area (Å²) in [5.41, 5.74) is 7.87. The van der Waals surface area contributed by atoms with Crippen molar-refractivity contribution in [3.8, 4) is 11.5 Å². The molecule has 12 nitrogen and oxygen atoms in total. The van der Waals surface area contributed by atoms with Crippen molar-refractivity contribution in [1.82, 2.24) is 9.88 Å². The summed E-state index contributed by atoms with van der Waals surface area (Å²) in [5.74, 6) is 1.85. The lowest BCUT2D eigenvalue weighted by Crippen LogP contribution is -2.45. The van der Waals surface area contributed by atoms with Gasteiger partial charge < -0.3 is 40.4 Å². The Hall–Kier alpha value is -3.55. The number of benzene rings is 1. The molecule has 1 aromatic heterocycles. The molecule has 2 aromatic carbocycles. The van der Waals surface area contributed by atoms with E-state index in [0.717, 1.165) is 37.1 Å². The van der Waals surface area contributed by atoms with Crippen LogP contribution in [-0.4, -0.2) is 94.0 Å². The summed E-state index contributed by atoms with van der Waals surface area (Å²) < 4.78 is 22.1. The SMILES string of the molecule is COCCCOc1cc(C[C@@H](C[C@H](N)[C@@H](O)CNc2c(NCC(c3cccnc3)N3CCOCC3)c(=O)c2=O)C(C)C)ccc1OC. The highest BCUT2D eigenvalue weighted by atomic mass is 16.5. The van der Waals surface area contributed by atoms with Crippen LogP contribution in [0.15, 0.2) is 52.3 Å². The Labute approximate surface area is 277 Å². The minimum absolute atomic E-state index is 0.0447. The van der Waals surface area contributed by atoms with Crippen molar-refractivity contribution >= 4 is 11.4 Å². The molecule has 0 amide bonds. The molecular formula is C35H51N5O7. The molecule has 1 unspecified atom stereocenters. The van der Waals surface area contributed by atoms with Gasteiger partial charge in [-0.05, 0) is 54.0 Å². The van der Waals surface area contributed by atoms with Crippen molar-refractivity contribution in [2.24, 2.45) is 17.6 Å². The summed E-state index contributed by atoms with van der Waals surface area (Å²) in [5, 5.41) is 17.2. The molecule has 0 radical (unpaired) electrons. The van der Waals surface area contributed by atoms with Gasteiger partial charge in [-0.2, -0.15) is 0 Å². The fourth-order valence-electron chi connectivity index (χ4n) is 5.95. The minimum atomic E-state index is -0.930. The fraction of sp³-hybridized carbons (Fsp3) is 0.571. The van der Waals surface area contributed by atoms with Gasteiger partial charge in [-0.25, -0.2) is 0 Å². The number of anilines is 2. The molecule has 4 rings (SSSR count). The molecular weight excluding hydrogens is 602 g/mol. The highest BCUT2D eigenvalue weighted by molar-refractivity contribution is 5.74. The third-order valence-corrected chi connectivity index (χ3v) is 8.91. The average molecular weight is 654 g/mol. The van der Waals surface area contributed by atoms with E-state index in [9.17, 15) is 14.7 Å². The summed E-state index contributed by atoms with van der Waals surface area (Å²) in [6, 6.07) is 9.23. The molecule has 0 aliphatic carbocycles. The number of morpholine rings is 1. The average Bonchev–Trinajstić information content (AvgIpc) is 3.09. The van der Waals surface area contributed by atoms with Crippen molar-refractivity contribution in [3.05, 3.63) is 74.3 Å². The van der Waals surface area contributed by atoms with E-state index in [-0.39, 0.29) is 29.9 Å². The molecule has 0 saturated carbocycles. The van der Waals surface area contributed by atoms with Gasteiger partial charge in [-0.1, -0.05) is 26.0 Å². The summed E-state index contributed by atoms with van der Waals surface area (Å²) >= 11 is 0. The highest BCUT2D eigenvalue weighted by Gasteiger charge is 2.28. The second kappa shape index (κ2) is 18.1. The normalized spacial score (nSPS) is 16.5. The van der Waals surface area contributed by atoms with E-state index in [1.807, 2.05) is 36.5 Å². The quantitative estimate of drug-likeness (QED) is 0.105. The van der Waals surface area contributed by atoms with Crippen LogP contribution in [0.4, 0.5) is 11.4 Å². The number of hydrogen-bond acceptors (Lipinski definition) is 12. The number of nitrogens with one attached hydrogen (secondary N) is 2. The summed E-state index contributed by atoms with van der Waals surface area (Å²) in [4.78, 5) is 31.6. The predicted molar refractivity (Wildman–Crippen MR) is 183 cm³/mol. The van der Waals surface area contributed by atoms with Gasteiger partial charge in [0.15, 0.2) is 11.5 Å². The number of aliphatic hydroxyl groups is 1. The molecule has 1 aliphatic rings. The van der Waals surface area contributed by atoms with Gasteiger partial charge in [0, 0.05) is 64.8 Å². The van der Waals surface area contributed by atoms with Crippen LogP contribution in [-0.2, 0) is 15.9 Å². The molecule has 0 spiro atoms. The lowest BCUT2D eigenvalue weighted by molar-refractivity contribution is 0.0186. The Bertz CT molecular complexity index is 1440. The standard InChI is InChI=1S/C35H51N5O7/c1-23(2)26(17-24-8-9-30(45-4)31(18-24)47-14-6-13-44-3)19-27(36)29(41)22-39-33-32(34(42)35(33)43)38-21-28(25-7-5-10-37-20-25)40-11-15-46-16-12-40/h5,7-10,18,20,23,26-29,38-39,41H,6,11-17,19,21-22,36H2,1-4H3/t26-,27-,28?,29-/m0/s1. The van der Waals surface area contributed by atoms with Crippen LogP contribution < -0.4 is 36.7 Å². The van der Waals surface area contributed by atoms with Crippen molar-refractivity contribution in [2.45, 2.75) is 51.3 Å². The maximum Gasteiger partial charge on any atom is 0.253 e. The first kappa shape index (κ1) is 36.3. The van der Waals surface area contributed by atoms with Crippen molar-refractivity contribution in [3.63, 3.8) is 0 Å². The van der Waals surface area contributed by atoms with Gasteiger partial charge in [0.25, 0.3) is 10.9 Å². The highest BCUT2D eigenvalue weighted by Crippen LogP contribution is 2.31. The van der Waals surface area contributed by atoms with Crippen molar-refractivity contribution in [2.75, 3.05) is 77.5 Å². The number of aromatic nitrogens is 1. The van der Waals surface area contributed by atoms with Crippen LogP contribution in [0.25, 0.3) is 0 Å². The molecule has 0 bridgehead atoms. The molecule has 1 fully saturated rings. The van der Waals surface area contributed by atoms with E-state index in [4.69, 9.17) is 24.7 Å². The minimum Gasteiger partial charge on any atom is -0.493 e. The number of nitrogens with two attached hydrogens (primary N) is 1. The van der Waals surface area contributed by atoms with E-state index in [1.165, 1.54) is 0 Å². The molecule has 258 valence electrons. The van der Waals surface area contributed by atoms with E-state index in [1.54, 1.807) is 20.4 Å². The molecule has 3 aromatic rings. The van der Waals surface area contributed by atoms with E-state index in [2.05, 4.69) is 34.4 Å². The fourth-order valence-corrected chi connectivity index (χ4v) is 5.95. The number of hydrogen-bond donors (Lipinski definition) is 4. The first-order chi connectivity index (χ1) is 22.7. The van der Waals surface area contributed by atoms with Gasteiger partial charge in [-0.15, -0.1) is 0 Å². The van der Waals surface area contributed by atoms with Crippen LogP contribution in [0.3, 0.4) is 0 Å². The summed E-state index contributed by atoms with van der Waals surface area (Å²) in [6.07, 6.45) is 4.70.